The fourth-order valence-corrected chi connectivity index (χ4v) is 5.22. The van der Waals surface area contributed by atoms with E-state index in [1.54, 1.807) is 0 Å². The maximum absolute atomic E-state index is 12.7. The van der Waals surface area contributed by atoms with Crippen LogP contribution in [-0.4, -0.2) is 47.0 Å². The smallest absolute Gasteiger partial charge is 0.260 e. The maximum Gasteiger partial charge on any atom is 0.260 e. The number of aromatic nitrogens is 2. The standard InChI is InChI=1S/C14H23N3O3S/c1-2-12-15-9-13(16-12)21(19,20)17-8-4-7-14(10-17)6-3-5-11(14)18/h9,11,18H,2-8,10H2,1H3,(H,15,16)/t11-,14+/m1/s1. The van der Waals surface area contributed by atoms with Crippen molar-refractivity contribution in [3.8, 4) is 0 Å². The zero-order valence-electron chi connectivity index (χ0n) is 12.4. The van der Waals surface area contributed by atoms with E-state index >= 15 is 0 Å². The average Bonchev–Trinajstić information content (AvgIpc) is 3.08. The second kappa shape index (κ2) is 5.37. The second-order valence-electron chi connectivity index (χ2n) is 6.26. The molecule has 6 nitrogen and oxygen atoms in total. The van der Waals surface area contributed by atoms with Crippen LogP contribution in [0.5, 0.6) is 0 Å². The highest BCUT2D eigenvalue weighted by atomic mass is 32.2. The maximum atomic E-state index is 12.7. The average molecular weight is 313 g/mol. The van der Waals surface area contributed by atoms with E-state index in [0.29, 0.717) is 25.3 Å². The van der Waals surface area contributed by atoms with Crippen molar-refractivity contribution in [3.63, 3.8) is 0 Å². The molecule has 2 fully saturated rings. The van der Waals surface area contributed by atoms with Crippen LogP contribution in [0.2, 0.25) is 0 Å². The van der Waals surface area contributed by atoms with Crippen molar-refractivity contribution in [1.29, 1.82) is 0 Å². The molecule has 0 radical (unpaired) electrons. The van der Waals surface area contributed by atoms with E-state index < -0.39 is 10.0 Å². The predicted molar refractivity (Wildman–Crippen MR) is 78.2 cm³/mol. The summed E-state index contributed by atoms with van der Waals surface area (Å²) in [6.07, 6.45) is 6.14. The molecule has 1 aliphatic heterocycles. The minimum absolute atomic E-state index is 0.170. The van der Waals surface area contributed by atoms with Crippen LogP contribution in [0, 0.1) is 5.41 Å². The molecule has 21 heavy (non-hydrogen) atoms. The number of hydrogen-bond acceptors (Lipinski definition) is 4. The molecule has 1 aromatic rings. The molecule has 1 spiro atoms. The number of aryl methyl sites for hydroxylation is 1. The van der Waals surface area contributed by atoms with Gasteiger partial charge in [-0.2, -0.15) is 4.31 Å². The number of imidazole rings is 1. The van der Waals surface area contributed by atoms with Gasteiger partial charge >= 0.3 is 0 Å². The number of aromatic amines is 1. The Bertz CT molecular complexity index is 613. The van der Waals surface area contributed by atoms with Gasteiger partial charge in [0.25, 0.3) is 10.0 Å². The molecule has 2 N–H and O–H groups in total. The zero-order valence-corrected chi connectivity index (χ0v) is 13.2. The molecule has 1 saturated heterocycles. The minimum Gasteiger partial charge on any atom is -0.392 e. The first kappa shape index (κ1) is 15.0. The number of aliphatic hydroxyl groups excluding tert-OH is 1. The lowest BCUT2D eigenvalue weighted by atomic mass is 9.77. The van der Waals surface area contributed by atoms with Crippen molar-refractivity contribution >= 4 is 10.0 Å². The summed E-state index contributed by atoms with van der Waals surface area (Å²) < 4.78 is 27.0. The fraction of sp³-hybridized carbons (Fsp3) is 0.786. The topological polar surface area (TPSA) is 86.3 Å². The molecule has 0 aromatic carbocycles. The van der Waals surface area contributed by atoms with Gasteiger partial charge in [-0.15, -0.1) is 0 Å². The summed E-state index contributed by atoms with van der Waals surface area (Å²) in [7, 11) is -3.53. The lowest BCUT2D eigenvalue weighted by molar-refractivity contribution is 0.0126. The third-order valence-electron chi connectivity index (χ3n) is 4.99. The first-order chi connectivity index (χ1) is 9.98. The van der Waals surface area contributed by atoms with Gasteiger partial charge in [-0.05, 0) is 25.7 Å². The molecular formula is C14H23N3O3S. The Morgan fingerprint density at radius 1 is 1.48 bits per heavy atom. The van der Waals surface area contributed by atoms with Gasteiger partial charge in [0, 0.05) is 24.9 Å². The molecule has 0 bridgehead atoms. The van der Waals surface area contributed by atoms with Gasteiger partial charge < -0.3 is 10.1 Å². The monoisotopic (exact) mass is 313 g/mol. The Morgan fingerprint density at radius 3 is 2.86 bits per heavy atom. The zero-order chi connectivity index (χ0) is 15.1. The number of piperidine rings is 1. The summed E-state index contributed by atoms with van der Waals surface area (Å²) in [6, 6.07) is 0. The Balaban J connectivity index is 1.85. The molecule has 1 saturated carbocycles. The van der Waals surface area contributed by atoms with Crippen molar-refractivity contribution < 1.29 is 13.5 Å². The van der Waals surface area contributed by atoms with E-state index in [1.165, 1.54) is 10.5 Å². The lowest BCUT2D eigenvalue weighted by Crippen LogP contribution is -2.49. The quantitative estimate of drug-likeness (QED) is 0.880. The van der Waals surface area contributed by atoms with Crippen molar-refractivity contribution in [1.82, 2.24) is 14.3 Å². The Labute approximate surface area is 125 Å². The van der Waals surface area contributed by atoms with E-state index in [0.717, 1.165) is 32.1 Å². The number of rotatable bonds is 3. The first-order valence-corrected chi connectivity index (χ1v) is 9.14. The van der Waals surface area contributed by atoms with Gasteiger partial charge in [-0.1, -0.05) is 13.3 Å². The highest BCUT2D eigenvalue weighted by Crippen LogP contribution is 2.45. The van der Waals surface area contributed by atoms with Gasteiger partial charge in [0.15, 0.2) is 5.03 Å². The molecule has 1 aromatic heterocycles. The summed E-state index contributed by atoms with van der Waals surface area (Å²) >= 11 is 0. The Hall–Kier alpha value is -0.920. The van der Waals surface area contributed by atoms with Crippen molar-refractivity contribution in [2.24, 2.45) is 5.41 Å². The second-order valence-corrected chi connectivity index (χ2v) is 8.17. The molecule has 118 valence electrons. The number of hydrogen-bond donors (Lipinski definition) is 2. The molecule has 0 amide bonds. The van der Waals surface area contributed by atoms with Crippen molar-refractivity contribution in [3.05, 3.63) is 12.0 Å². The number of sulfonamides is 1. The number of nitrogens with one attached hydrogen (secondary N) is 1. The molecular weight excluding hydrogens is 290 g/mol. The van der Waals surface area contributed by atoms with Gasteiger partial charge in [-0.25, -0.2) is 13.4 Å². The molecule has 7 heteroatoms. The minimum atomic E-state index is -3.53. The van der Waals surface area contributed by atoms with E-state index in [9.17, 15) is 13.5 Å². The molecule has 2 atom stereocenters. The largest absolute Gasteiger partial charge is 0.392 e. The summed E-state index contributed by atoms with van der Waals surface area (Å²) in [5.41, 5.74) is -0.237. The van der Waals surface area contributed by atoms with E-state index in [2.05, 4.69) is 9.97 Å². The fourth-order valence-electron chi connectivity index (χ4n) is 3.71. The van der Waals surface area contributed by atoms with E-state index in [1.807, 2.05) is 6.92 Å². The normalized spacial score (nSPS) is 31.0. The predicted octanol–water partition coefficient (Wildman–Crippen LogP) is 1.29. The summed E-state index contributed by atoms with van der Waals surface area (Å²) in [4.78, 5) is 6.98. The summed E-state index contributed by atoms with van der Waals surface area (Å²) in [5.74, 6) is 0.682. The van der Waals surface area contributed by atoms with Gasteiger partial charge in [0.1, 0.15) is 5.82 Å². The van der Waals surface area contributed by atoms with Crippen LogP contribution in [0.3, 0.4) is 0 Å². The summed E-state index contributed by atoms with van der Waals surface area (Å²) in [6.45, 7) is 2.88. The van der Waals surface area contributed by atoms with Gasteiger partial charge in [0.05, 0.1) is 12.3 Å². The number of H-pyrrole nitrogens is 1. The van der Waals surface area contributed by atoms with Gasteiger partial charge in [0.2, 0.25) is 0 Å². The van der Waals surface area contributed by atoms with Crippen LogP contribution in [0.1, 0.15) is 44.9 Å². The lowest BCUT2D eigenvalue weighted by Gasteiger charge is -2.41. The summed E-state index contributed by atoms with van der Waals surface area (Å²) in [5, 5.41) is 10.4. The number of nitrogens with zero attached hydrogens (tertiary/aromatic N) is 2. The van der Waals surface area contributed by atoms with E-state index in [-0.39, 0.29) is 16.5 Å². The van der Waals surface area contributed by atoms with Crippen molar-refractivity contribution in [2.45, 2.75) is 56.6 Å². The van der Waals surface area contributed by atoms with Crippen LogP contribution < -0.4 is 0 Å². The van der Waals surface area contributed by atoms with Crippen LogP contribution in [0.25, 0.3) is 0 Å². The Morgan fingerprint density at radius 2 is 2.24 bits per heavy atom. The molecule has 2 heterocycles. The van der Waals surface area contributed by atoms with E-state index in [4.69, 9.17) is 0 Å². The van der Waals surface area contributed by atoms with Gasteiger partial charge in [-0.3, -0.25) is 0 Å². The molecule has 2 aliphatic rings. The Kier molecular flexibility index (Phi) is 3.83. The molecule has 0 unspecified atom stereocenters. The van der Waals surface area contributed by atoms with Crippen molar-refractivity contribution in [2.75, 3.05) is 13.1 Å². The third kappa shape index (κ3) is 2.51. The highest BCUT2D eigenvalue weighted by Gasteiger charge is 2.47. The van der Waals surface area contributed by atoms with Crippen LogP contribution in [0.4, 0.5) is 0 Å². The first-order valence-electron chi connectivity index (χ1n) is 7.70. The third-order valence-corrected chi connectivity index (χ3v) is 6.75. The van der Waals surface area contributed by atoms with Crippen LogP contribution in [0.15, 0.2) is 11.2 Å². The van der Waals surface area contributed by atoms with Crippen LogP contribution in [-0.2, 0) is 16.4 Å². The highest BCUT2D eigenvalue weighted by molar-refractivity contribution is 7.89. The molecule has 1 aliphatic carbocycles. The molecule has 3 rings (SSSR count). The SMILES string of the molecule is CCc1ncc(S(=O)(=O)N2CCC[C@@]3(CCC[C@H]3O)C2)[nH]1. The van der Waals surface area contributed by atoms with Crippen LogP contribution >= 0.6 is 0 Å². The number of aliphatic hydroxyl groups is 1.